The Morgan fingerprint density at radius 2 is 1.39 bits per heavy atom. The van der Waals surface area contributed by atoms with Crippen molar-refractivity contribution in [1.82, 2.24) is 9.78 Å². The predicted octanol–water partition coefficient (Wildman–Crippen LogP) is 4.67. The Labute approximate surface area is 165 Å². The first-order valence-corrected chi connectivity index (χ1v) is 10.9. The maximum absolute atomic E-state index is 11.8. The third-order valence-electron chi connectivity index (χ3n) is 4.59. The summed E-state index contributed by atoms with van der Waals surface area (Å²) in [7, 11) is -3.23. The Balaban J connectivity index is 1.78. The van der Waals surface area contributed by atoms with Crippen LogP contribution in [0.4, 0.5) is 0 Å². The highest BCUT2D eigenvalue weighted by Gasteiger charge is 2.15. The molecule has 28 heavy (non-hydrogen) atoms. The van der Waals surface area contributed by atoms with Crippen LogP contribution in [0.2, 0.25) is 0 Å². The molecule has 0 saturated heterocycles. The van der Waals surface area contributed by atoms with Crippen molar-refractivity contribution in [3.05, 3.63) is 96.7 Å². The SMILES string of the molecule is CS(=O)(=O)c1ccc(-c2nn(Cc3ccccc3)cc2-c2ccccc2)cc1. The summed E-state index contributed by atoms with van der Waals surface area (Å²) in [5.41, 5.74) is 4.98. The van der Waals surface area contributed by atoms with Gasteiger partial charge in [-0.3, -0.25) is 4.68 Å². The summed E-state index contributed by atoms with van der Waals surface area (Å²) in [4.78, 5) is 0.307. The molecule has 0 radical (unpaired) electrons. The molecule has 0 unspecified atom stereocenters. The maximum atomic E-state index is 11.8. The minimum absolute atomic E-state index is 0.307. The van der Waals surface area contributed by atoms with E-state index in [-0.39, 0.29) is 0 Å². The summed E-state index contributed by atoms with van der Waals surface area (Å²) in [5.74, 6) is 0. The van der Waals surface area contributed by atoms with Gasteiger partial charge in [0.1, 0.15) is 5.69 Å². The van der Waals surface area contributed by atoms with Gasteiger partial charge in [0.05, 0.1) is 11.4 Å². The minimum atomic E-state index is -3.23. The highest BCUT2D eigenvalue weighted by Crippen LogP contribution is 2.31. The van der Waals surface area contributed by atoms with Crippen LogP contribution in [0.1, 0.15) is 5.56 Å². The largest absolute Gasteiger partial charge is 0.267 e. The second-order valence-corrected chi connectivity index (χ2v) is 8.75. The van der Waals surface area contributed by atoms with Crippen LogP contribution in [0.15, 0.2) is 96.0 Å². The molecule has 0 amide bonds. The molecule has 3 aromatic carbocycles. The smallest absolute Gasteiger partial charge is 0.175 e. The van der Waals surface area contributed by atoms with Crippen LogP contribution in [0, 0.1) is 0 Å². The number of sulfone groups is 1. The summed E-state index contributed by atoms with van der Waals surface area (Å²) < 4.78 is 25.4. The number of benzene rings is 3. The summed E-state index contributed by atoms with van der Waals surface area (Å²) >= 11 is 0. The second kappa shape index (κ2) is 7.44. The maximum Gasteiger partial charge on any atom is 0.175 e. The molecular weight excluding hydrogens is 368 g/mol. The summed E-state index contributed by atoms with van der Waals surface area (Å²) in [6.45, 7) is 0.669. The number of hydrogen-bond donors (Lipinski definition) is 0. The first-order valence-electron chi connectivity index (χ1n) is 8.98. The first-order chi connectivity index (χ1) is 13.5. The zero-order valence-electron chi connectivity index (χ0n) is 15.5. The van der Waals surface area contributed by atoms with E-state index < -0.39 is 9.84 Å². The topological polar surface area (TPSA) is 52.0 Å². The summed E-state index contributed by atoms with van der Waals surface area (Å²) in [6, 6.07) is 27.2. The van der Waals surface area contributed by atoms with Crippen LogP contribution in [0.5, 0.6) is 0 Å². The van der Waals surface area contributed by atoms with Crippen molar-refractivity contribution in [3.63, 3.8) is 0 Å². The van der Waals surface area contributed by atoms with Gasteiger partial charge in [-0.25, -0.2) is 8.42 Å². The normalized spacial score (nSPS) is 11.5. The Morgan fingerprint density at radius 1 is 0.786 bits per heavy atom. The van der Waals surface area contributed by atoms with Gasteiger partial charge in [0.15, 0.2) is 9.84 Å². The third-order valence-corrected chi connectivity index (χ3v) is 5.72. The van der Waals surface area contributed by atoms with Crippen molar-refractivity contribution in [3.8, 4) is 22.4 Å². The fourth-order valence-electron chi connectivity index (χ4n) is 3.18. The van der Waals surface area contributed by atoms with Crippen LogP contribution in [0.25, 0.3) is 22.4 Å². The number of hydrogen-bond acceptors (Lipinski definition) is 3. The third kappa shape index (κ3) is 3.89. The summed E-state index contributed by atoms with van der Waals surface area (Å²) in [6.07, 6.45) is 3.26. The molecule has 5 heteroatoms. The van der Waals surface area contributed by atoms with Crippen LogP contribution >= 0.6 is 0 Å². The van der Waals surface area contributed by atoms with Crippen LogP contribution in [-0.2, 0) is 16.4 Å². The van der Waals surface area contributed by atoms with Crippen molar-refractivity contribution in [2.75, 3.05) is 6.26 Å². The molecule has 0 fully saturated rings. The molecule has 0 bridgehead atoms. The quantitative estimate of drug-likeness (QED) is 0.499. The fourth-order valence-corrected chi connectivity index (χ4v) is 3.81. The standard InChI is InChI=1S/C23H20N2O2S/c1-28(26,27)21-14-12-20(13-15-21)23-22(19-10-6-3-7-11-19)17-25(24-23)16-18-8-4-2-5-9-18/h2-15,17H,16H2,1H3. The van der Waals surface area contributed by atoms with Crippen LogP contribution in [0.3, 0.4) is 0 Å². The lowest BCUT2D eigenvalue weighted by Crippen LogP contribution is -2.00. The highest BCUT2D eigenvalue weighted by molar-refractivity contribution is 7.90. The highest BCUT2D eigenvalue weighted by atomic mass is 32.2. The number of rotatable bonds is 5. The van der Waals surface area contributed by atoms with Crippen LogP contribution in [-0.4, -0.2) is 24.5 Å². The molecule has 4 nitrogen and oxygen atoms in total. The minimum Gasteiger partial charge on any atom is -0.267 e. The van der Waals surface area contributed by atoms with E-state index in [4.69, 9.17) is 5.10 Å². The molecule has 1 aromatic heterocycles. The Hall–Kier alpha value is -3.18. The Bertz CT molecular complexity index is 1180. The van der Waals surface area contributed by atoms with Gasteiger partial charge in [0.2, 0.25) is 0 Å². The van der Waals surface area contributed by atoms with E-state index in [0.717, 1.165) is 22.4 Å². The number of nitrogens with zero attached hydrogens (tertiary/aromatic N) is 2. The average Bonchev–Trinajstić information content (AvgIpc) is 3.13. The van der Waals surface area contributed by atoms with E-state index >= 15 is 0 Å². The Kier molecular flexibility index (Phi) is 4.84. The van der Waals surface area contributed by atoms with E-state index in [2.05, 4.69) is 24.3 Å². The lowest BCUT2D eigenvalue weighted by Gasteiger charge is -2.04. The van der Waals surface area contributed by atoms with E-state index in [0.29, 0.717) is 11.4 Å². The second-order valence-electron chi connectivity index (χ2n) is 6.74. The monoisotopic (exact) mass is 388 g/mol. The van der Waals surface area contributed by atoms with Gasteiger partial charge in [-0.15, -0.1) is 0 Å². The van der Waals surface area contributed by atoms with Crippen molar-refractivity contribution >= 4 is 9.84 Å². The van der Waals surface area contributed by atoms with Crippen molar-refractivity contribution in [1.29, 1.82) is 0 Å². The van der Waals surface area contributed by atoms with E-state index in [1.807, 2.05) is 59.4 Å². The molecule has 0 atom stereocenters. The molecular formula is C23H20N2O2S. The van der Waals surface area contributed by atoms with E-state index in [1.54, 1.807) is 12.1 Å². The summed E-state index contributed by atoms with van der Waals surface area (Å²) in [5, 5.41) is 4.81. The Morgan fingerprint density at radius 3 is 2.00 bits per heavy atom. The van der Waals surface area contributed by atoms with Gasteiger partial charge >= 0.3 is 0 Å². The van der Waals surface area contributed by atoms with Crippen molar-refractivity contribution in [2.24, 2.45) is 0 Å². The predicted molar refractivity (Wildman–Crippen MR) is 112 cm³/mol. The molecule has 140 valence electrons. The van der Waals surface area contributed by atoms with Crippen molar-refractivity contribution < 1.29 is 8.42 Å². The molecule has 0 aliphatic heterocycles. The molecule has 4 rings (SSSR count). The molecule has 0 N–H and O–H groups in total. The van der Waals surface area contributed by atoms with Gasteiger partial charge in [0, 0.05) is 23.6 Å². The molecule has 1 heterocycles. The van der Waals surface area contributed by atoms with Crippen molar-refractivity contribution in [2.45, 2.75) is 11.4 Å². The number of aromatic nitrogens is 2. The van der Waals surface area contributed by atoms with Gasteiger partial charge in [0.25, 0.3) is 0 Å². The lowest BCUT2D eigenvalue weighted by atomic mass is 10.0. The molecule has 0 aliphatic rings. The molecule has 0 saturated carbocycles. The molecule has 0 aliphatic carbocycles. The van der Waals surface area contributed by atoms with Gasteiger partial charge in [-0.1, -0.05) is 72.8 Å². The fraction of sp³-hybridized carbons (Fsp3) is 0.0870. The van der Waals surface area contributed by atoms with E-state index in [9.17, 15) is 8.42 Å². The average molecular weight is 388 g/mol. The van der Waals surface area contributed by atoms with Gasteiger partial charge in [-0.2, -0.15) is 5.10 Å². The molecule has 0 spiro atoms. The zero-order valence-corrected chi connectivity index (χ0v) is 16.3. The lowest BCUT2D eigenvalue weighted by molar-refractivity contribution is 0.602. The zero-order chi connectivity index (χ0) is 19.6. The van der Waals surface area contributed by atoms with Gasteiger partial charge in [-0.05, 0) is 23.3 Å². The van der Waals surface area contributed by atoms with Crippen LogP contribution < -0.4 is 0 Å². The van der Waals surface area contributed by atoms with Gasteiger partial charge < -0.3 is 0 Å². The van der Waals surface area contributed by atoms with E-state index in [1.165, 1.54) is 11.8 Å². The first kappa shape index (κ1) is 18.2. The molecule has 4 aromatic rings.